The van der Waals surface area contributed by atoms with Gasteiger partial charge in [-0.3, -0.25) is 14.4 Å². The molecule has 2 amide bonds. The van der Waals surface area contributed by atoms with E-state index in [1.165, 1.54) is 23.7 Å². The van der Waals surface area contributed by atoms with E-state index in [1.807, 2.05) is 32.9 Å². The standard InChI is InChI=1S/C18H25ClN2O4S/c1-18(2,3)20-15(22)11-21(4)16(23)12-25-17(24)9-10-26-14-7-5-13(19)6-8-14/h5-8H,9-12H2,1-4H3,(H,20,22). The van der Waals surface area contributed by atoms with E-state index in [2.05, 4.69) is 5.32 Å². The molecule has 0 saturated heterocycles. The van der Waals surface area contributed by atoms with Gasteiger partial charge in [-0.25, -0.2) is 0 Å². The van der Waals surface area contributed by atoms with Crippen molar-refractivity contribution in [1.29, 1.82) is 0 Å². The van der Waals surface area contributed by atoms with Crippen molar-refractivity contribution in [2.45, 2.75) is 37.6 Å². The average molecular weight is 401 g/mol. The Morgan fingerprint density at radius 1 is 1.19 bits per heavy atom. The lowest BCUT2D eigenvalue weighted by Crippen LogP contribution is -2.46. The molecule has 26 heavy (non-hydrogen) atoms. The fraction of sp³-hybridized carbons (Fsp3) is 0.500. The smallest absolute Gasteiger partial charge is 0.307 e. The lowest BCUT2D eigenvalue weighted by molar-refractivity contribution is -0.151. The summed E-state index contributed by atoms with van der Waals surface area (Å²) in [5, 5.41) is 3.42. The molecule has 144 valence electrons. The number of hydrogen-bond donors (Lipinski definition) is 1. The number of carbonyl (C=O) groups is 3. The lowest BCUT2D eigenvalue weighted by Gasteiger charge is -2.23. The van der Waals surface area contributed by atoms with Crippen molar-refractivity contribution in [1.82, 2.24) is 10.2 Å². The van der Waals surface area contributed by atoms with Gasteiger partial charge in [0.2, 0.25) is 5.91 Å². The molecule has 0 fully saturated rings. The van der Waals surface area contributed by atoms with E-state index in [9.17, 15) is 14.4 Å². The van der Waals surface area contributed by atoms with Crippen LogP contribution in [0.1, 0.15) is 27.2 Å². The molecule has 1 rings (SSSR count). The Balaban J connectivity index is 2.25. The van der Waals surface area contributed by atoms with Crippen molar-refractivity contribution >= 4 is 41.1 Å². The molecule has 0 unspecified atom stereocenters. The lowest BCUT2D eigenvalue weighted by atomic mass is 10.1. The van der Waals surface area contributed by atoms with Gasteiger partial charge in [0.15, 0.2) is 6.61 Å². The highest BCUT2D eigenvalue weighted by atomic mass is 35.5. The molecule has 0 aromatic heterocycles. The Kier molecular flexibility index (Phi) is 8.95. The van der Waals surface area contributed by atoms with E-state index in [1.54, 1.807) is 12.1 Å². The maximum atomic E-state index is 11.9. The summed E-state index contributed by atoms with van der Waals surface area (Å²) in [6, 6.07) is 7.32. The van der Waals surface area contributed by atoms with Crippen LogP contribution in [-0.4, -0.2) is 54.2 Å². The van der Waals surface area contributed by atoms with E-state index in [-0.39, 0.29) is 31.0 Å². The van der Waals surface area contributed by atoms with Crippen molar-refractivity contribution in [2.24, 2.45) is 0 Å². The van der Waals surface area contributed by atoms with Crippen LogP contribution in [-0.2, 0) is 19.1 Å². The van der Waals surface area contributed by atoms with Crippen LogP contribution in [0.4, 0.5) is 0 Å². The summed E-state index contributed by atoms with van der Waals surface area (Å²) in [4.78, 5) is 37.7. The summed E-state index contributed by atoms with van der Waals surface area (Å²) in [6.07, 6.45) is 0.189. The molecular formula is C18H25ClN2O4S. The van der Waals surface area contributed by atoms with Gasteiger partial charge in [0, 0.05) is 28.3 Å². The van der Waals surface area contributed by atoms with Gasteiger partial charge < -0.3 is 15.0 Å². The topological polar surface area (TPSA) is 75.7 Å². The third-order valence-electron chi connectivity index (χ3n) is 3.07. The number of halogens is 1. The minimum Gasteiger partial charge on any atom is -0.456 e. The molecule has 0 atom stereocenters. The van der Waals surface area contributed by atoms with E-state index in [0.717, 1.165) is 4.90 Å². The van der Waals surface area contributed by atoms with Crippen molar-refractivity contribution in [3.63, 3.8) is 0 Å². The normalized spacial score (nSPS) is 11.0. The Hall–Kier alpha value is -1.73. The molecule has 0 aliphatic heterocycles. The van der Waals surface area contributed by atoms with Crippen molar-refractivity contribution in [3.8, 4) is 0 Å². The summed E-state index contributed by atoms with van der Waals surface area (Å²) in [5.74, 6) is -0.600. The molecule has 0 bridgehead atoms. The number of nitrogens with zero attached hydrogens (tertiary/aromatic N) is 1. The van der Waals surface area contributed by atoms with Crippen molar-refractivity contribution in [3.05, 3.63) is 29.3 Å². The van der Waals surface area contributed by atoms with Crippen LogP contribution in [0.3, 0.4) is 0 Å². The number of hydrogen-bond acceptors (Lipinski definition) is 5. The van der Waals surface area contributed by atoms with E-state index in [4.69, 9.17) is 16.3 Å². The largest absolute Gasteiger partial charge is 0.456 e. The molecule has 1 N–H and O–H groups in total. The molecule has 0 saturated carbocycles. The first kappa shape index (κ1) is 22.3. The zero-order chi connectivity index (χ0) is 19.7. The third-order valence-corrected chi connectivity index (χ3v) is 4.33. The minimum atomic E-state index is -0.452. The number of carbonyl (C=O) groups excluding carboxylic acids is 3. The zero-order valence-corrected chi connectivity index (χ0v) is 17.1. The van der Waals surface area contributed by atoms with Crippen LogP contribution >= 0.6 is 23.4 Å². The monoisotopic (exact) mass is 400 g/mol. The van der Waals surface area contributed by atoms with E-state index < -0.39 is 11.9 Å². The Morgan fingerprint density at radius 3 is 2.38 bits per heavy atom. The van der Waals surface area contributed by atoms with E-state index in [0.29, 0.717) is 10.8 Å². The predicted molar refractivity (Wildman–Crippen MR) is 103 cm³/mol. The highest BCUT2D eigenvalue weighted by Gasteiger charge is 2.18. The first-order valence-electron chi connectivity index (χ1n) is 8.16. The summed E-state index contributed by atoms with van der Waals surface area (Å²) in [7, 11) is 1.49. The molecule has 1 aromatic rings. The number of thioether (sulfide) groups is 1. The molecule has 6 nitrogen and oxygen atoms in total. The molecule has 0 spiro atoms. The summed E-state index contributed by atoms with van der Waals surface area (Å²) in [6.45, 7) is 5.12. The van der Waals surface area contributed by atoms with Gasteiger partial charge in [-0.15, -0.1) is 11.8 Å². The molecule has 0 aliphatic rings. The highest BCUT2D eigenvalue weighted by molar-refractivity contribution is 7.99. The fourth-order valence-corrected chi connectivity index (χ4v) is 2.83. The summed E-state index contributed by atoms with van der Waals surface area (Å²) < 4.78 is 4.97. The summed E-state index contributed by atoms with van der Waals surface area (Å²) >= 11 is 7.32. The van der Waals surface area contributed by atoms with Crippen molar-refractivity contribution in [2.75, 3.05) is 26.0 Å². The second kappa shape index (κ2) is 10.4. The number of nitrogens with one attached hydrogen (secondary N) is 1. The number of rotatable bonds is 8. The first-order valence-corrected chi connectivity index (χ1v) is 9.52. The molecule has 8 heteroatoms. The van der Waals surface area contributed by atoms with Gasteiger partial charge in [0.05, 0.1) is 13.0 Å². The number of benzene rings is 1. The number of amides is 2. The first-order chi connectivity index (χ1) is 12.1. The average Bonchev–Trinajstić information content (AvgIpc) is 2.52. The van der Waals surface area contributed by atoms with Gasteiger partial charge >= 0.3 is 5.97 Å². The van der Waals surface area contributed by atoms with Gasteiger partial charge in [0.1, 0.15) is 0 Å². The van der Waals surface area contributed by atoms with Crippen LogP contribution in [0.2, 0.25) is 5.02 Å². The SMILES string of the molecule is CN(CC(=O)NC(C)(C)C)C(=O)COC(=O)CCSc1ccc(Cl)cc1. The summed E-state index contributed by atoms with van der Waals surface area (Å²) in [5.41, 5.74) is -0.366. The van der Waals surface area contributed by atoms with Crippen LogP contribution < -0.4 is 5.32 Å². The van der Waals surface area contributed by atoms with Crippen LogP contribution in [0.15, 0.2) is 29.2 Å². The van der Waals surface area contributed by atoms with Gasteiger partial charge in [-0.1, -0.05) is 11.6 Å². The second-order valence-electron chi connectivity index (χ2n) is 6.76. The minimum absolute atomic E-state index is 0.0833. The molecule has 1 aromatic carbocycles. The van der Waals surface area contributed by atoms with E-state index >= 15 is 0 Å². The molecular weight excluding hydrogens is 376 g/mol. The Bertz CT molecular complexity index is 629. The maximum absolute atomic E-state index is 11.9. The van der Waals surface area contributed by atoms with Crippen LogP contribution in [0.25, 0.3) is 0 Å². The Labute approximate surface area is 163 Å². The third kappa shape index (κ3) is 9.68. The van der Waals surface area contributed by atoms with Crippen LogP contribution in [0, 0.1) is 0 Å². The molecule has 0 heterocycles. The number of ether oxygens (including phenoxy) is 1. The Morgan fingerprint density at radius 2 is 1.81 bits per heavy atom. The van der Waals surface area contributed by atoms with Gasteiger partial charge in [0.25, 0.3) is 5.91 Å². The van der Waals surface area contributed by atoms with Gasteiger partial charge in [-0.05, 0) is 45.0 Å². The number of likely N-dealkylation sites (N-methyl/N-ethyl adjacent to an activating group) is 1. The number of esters is 1. The maximum Gasteiger partial charge on any atom is 0.307 e. The quantitative estimate of drug-likeness (QED) is 0.536. The van der Waals surface area contributed by atoms with Crippen LogP contribution in [0.5, 0.6) is 0 Å². The van der Waals surface area contributed by atoms with Crippen molar-refractivity contribution < 1.29 is 19.1 Å². The fourth-order valence-electron chi connectivity index (χ4n) is 1.87. The zero-order valence-electron chi connectivity index (χ0n) is 15.5. The second-order valence-corrected chi connectivity index (χ2v) is 8.37. The predicted octanol–water partition coefficient (Wildman–Crippen LogP) is 2.74. The molecule has 0 aliphatic carbocycles. The molecule has 0 radical (unpaired) electrons. The van der Waals surface area contributed by atoms with Gasteiger partial charge in [-0.2, -0.15) is 0 Å². The highest BCUT2D eigenvalue weighted by Crippen LogP contribution is 2.20.